The molecule has 0 spiro atoms. The molecule has 3 N–H and O–H groups in total. The highest BCUT2D eigenvalue weighted by molar-refractivity contribution is 6.02. The fourth-order valence-corrected chi connectivity index (χ4v) is 2.26. The van der Waals surface area contributed by atoms with Gasteiger partial charge in [-0.1, -0.05) is 6.07 Å². The fraction of sp³-hybridized carbons (Fsp3) is 0.0526. The lowest BCUT2D eigenvalue weighted by atomic mass is 10.2. The van der Waals surface area contributed by atoms with Gasteiger partial charge in [-0.25, -0.2) is 14.4 Å². The second-order valence-corrected chi connectivity index (χ2v) is 5.63. The summed E-state index contributed by atoms with van der Waals surface area (Å²) in [4.78, 5) is 31.5. The number of nitrogens with one attached hydrogen (secondary N) is 3. The van der Waals surface area contributed by atoms with E-state index in [1.165, 1.54) is 43.6 Å². The zero-order chi connectivity index (χ0) is 19.2. The molecule has 1 heterocycles. The zero-order valence-electron chi connectivity index (χ0n) is 14.4. The lowest BCUT2D eigenvalue weighted by Gasteiger charge is -2.08. The van der Waals surface area contributed by atoms with Gasteiger partial charge >= 0.3 is 0 Å². The molecule has 0 aliphatic rings. The molecule has 27 heavy (non-hydrogen) atoms. The van der Waals surface area contributed by atoms with E-state index in [-0.39, 0.29) is 17.4 Å². The fourth-order valence-electron chi connectivity index (χ4n) is 2.26. The summed E-state index contributed by atoms with van der Waals surface area (Å²) in [7, 11) is 0. The molecular formula is C19H16FN5O2. The minimum absolute atomic E-state index is 0.122. The van der Waals surface area contributed by atoms with Crippen molar-refractivity contribution in [3.8, 4) is 0 Å². The Morgan fingerprint density at radius 1 is 0.889 bits per heavy atom. The average molecular weight is 365 g/mol. The van der Waals surface area contributed by atoms with Crippen molar-refractivity contribution in [2.75, 3.05) is 16.0 Å². The minimum Gasteiger partial charge on any atom is -0.339 e. The SMILES string of the molecule is CC(=O)Nc1cccc(Nc2cnc(C(=O)Nc3ccc(F)cc3)cn2)c1. The molecule has 0 saturated heterocycles. The predicted octanol–water partition coefficient (Wildman–Crippen LogP) is 3.57. The van der Waals surface area contributed by atoms with E-state index >= 15 is 0 Å². The Morgan fingerprint density at radius 2 is 1.63 bits per heavy atom. The number of aromatic nitrogens is 2. The van der Waals surface area contributed by atoms with Crippen molar-refractivity contribution in [1.29, 1.82) is 0 Å². The van der Waals surface area contributed by atoms with E-state index in [0.29, 0.717) is 22.9 Å². The van der Waals surface area contributed by atoms with Gasteiger partial charge in [-0.2, -0.15) is 0 Å². The predicted molar refractivity (Wildman–Crippen MR) is 100 cm³/mol. The van der Waals surface area contributed by atoms with Crippen LogP contribution in [0.15, 0.2) is 60.9 Å². The van der Waals surface area contributed by atoms with Crippen LogP contribution in [0.4, 0.5) is 27.3 Å². The molecule has 0 fully saturated rings. The summed E-state index contributed by atoms with van der Waals surface area (Å²) in [5.74, 6) is -0.559. The summed E-state index contributed by atoms with van der Waals surface area (Å²) in [6.07, 6.45) is 2.75. The molecule has 0 atom stereocenters. The smallest absolute Gasteiger partial charge is 0.275 e. The van der Waals surface area contributed by atoms with Gasteiger partial charge in [0.1, 0.15) is 17.3 Å². The quantitative estimate of drug-likeness (QED) is 0.642. The van der Waals surface area contributed by atoms with Crippen LogP contribution < -0.4 is 16.0 Å². The van der Waals surface area contributed by atoms with Gasteiger partial charge in [0.15, 0.2) is 0 Å². The molecule has 0 aliphatic heterocycles. The van der Waals surface area contributed by atoms with Gasteiger partial charge in [0.05, 0.1) is 12.4 Å². The molecular weight excluding hydrogens is 349 g/mol. The van der Waals surface area contributed by atoms with Crippen LogP contribution in [0.1, 0.15) is 17.4 Å². The molecule has 3 aromatic rings. The van der Waals surface area contributed by atoms with Gasteiger partial charge in [-0.15, -0.1) is 0 Å². The summed E-state index contributed by atoms with van der Waals surface area (Å²) >= 11 is 0. The topological polar surface area (TPSA) is 96.0 Å². The Morgan fingerprint density at radius 3 is 2.30 bits per heavy atom. The molecule has 8 heteroatoms. The molecule has 2 amide bonds. The normalized spacial score (nSPS) is 10.1. The number of halogens is 1. The minimum atomic E-state index is -0.451. The molecule has 0 aliphatic carbocycles. The molecule has 7 nitrogen and oxygen atoms in total. The van der Waals surface area contributed by atoms with Crippen molar-refractivity contribution >= 4 is 34.7 Å². The molecule has 1 aromatic heterocycles. The van der Waals surface area contributed by atoms with Crippen molar-refractivity contribution in [3.05, 3.63) is 72.4 Å². The number of benzene rings is 2. The van der Waals surface area contributed by atoms with Crippen molar-refractivity contribution < 1.29 is 14.0 Å². The van der Waals surface area contributed by atoms with E-state index in [4.69, 9.17) is 0 Å². The first kappa shape index (κ1) is 18.0. The molecule has 3 rings (SSSR count). The summed E-state index contributed by atoms with van der Waals surface area (Å²) in [5, 5.41) is 8.34. The van der Waals surface area contributed by atoms with Crippen LogP contribution in [-0.2, 0) is 4.79 Å². The molecule has 0 saturated carbocycles. The third-order valence-corrected chi connectivity index (χ3v) is 3.44. The highest BCUT2D eigenvalue weighted by Crippen LogP contribution is 2.18. The van der Waals surface area contributed by atoms with E-state index in [1.54, 1.807) is 18.2 Å². The zero-order valence-corrected chi connectivity index (χ0v) is 14.4. The van der Waals surface area contributed by atoms with E-state index in [0.717, 1.165) is 0 Å². The average Bonchev–Trinajstić information content (AvgIpc) is 2.64. The van der Waals surface area contributed by atoms with E-state index in [2.05, 4.69) is 25.9 Å². The number of hydrogen-bond donors (Lipinski definition) is 3. The van der Waals surface area contributed by atoms with Crippen LogP contribution in [0.3, 0.4) is 0 Å². The standard InChI is InChI=1S/C19H16FN5O2/c1-12(26)23-15-3-2-4-16(9-15)24-18-11-21-17(10-22-18)19(27)25-14-7-5-13(20)6-8-14/h2-11H,1H3,(H,22,24)(H,23,26)(H,25,27). The van der Waals surface area contributed by atoms with Gasteiger partial charge in [-0.3, -0.25) is 9.59 Å². The number of rotatable bonds is 5. The number of amides is 2. The first-order valence-corrected chi connectivity index (χ1v) is 8.03. The third-order valence-electron chi connectivity index (χ3n) is 3.44. The molecule has 136 valence electrons. The van der Waals surface area contributed by atoms with E-state index in [1.807, 2.05) is 6.07 Å². The van der Waals surface area contributed by atoms with E-state index < -0.39 is 5.91 Å². The van der Waals surface area contributed by atoms with Crippen molar-refractivity contribution in [1.82, 2.24) is 9.97 Å². The van der Waals surface area contributed by atoms with Crippen molar-refractivity contribution in [3.63, 3.8) is 0 Å². The molecule has 0 radical (unpaired) electrons. The Hall–Kier alpha value is -3.81. The molecule has 0 bridgehead atoms. The summed E-state index contributed by atoms with van der Waals surface area (Å²) < 4.78 is 12.9. The van der Waals surface area contributed by atoms with Gasteiger partial charge in [0, 0.05) is 24.0 Å². The number of carbonyl (C=O) groups is 2. The number of anilines is 4. The third kappa shape index (κ3) is 5.08. The van der Waals surface area contributed by atoms with Crippen LogP contribution >= 0.6 is 0 Å². The summed E-state index contributed by atoms with van der Waals surface area (Å²) in [6.45, 7) is 1.43. The molecule has 0 unspecified atom stereocenters. The van der Waals surface area contributed by atoms with Crippen LogP contribution in [0.5, 0.6) is 0 Å². The first-order chi connectivity index (χ1) is 13.0. The summed E-state index contributed by atoms with van der Waals surface area (Å²) in [6, 6.07) is 12.5. The Kier molecular flexibility index (Phi) is 5.36. The second kappa shape index (κ2) is 8.05. The number of hydrogen-bond acceptors (Lipinski definition) is 5. The maximum Gasteiger partial charge on any atom is 0.275 e. The second-order valence-electron chi connectivity index (χ2n) is 5.63. The Bertz CT molecular complexity index is 959. The summed E-state index contributed by atoms with van der Waals surface area (Å²) in [5.41, 5.74) is 1.94. The number of nitrogens with zero attached hydrogens (tertiary/aromatic N) is 2. The lowest BCUT2D eigenvalue weighted by Crippen LogP contribution is -2.14. The first-order valence-electron chi connectivity index (χ1n) is 8.03. The largest absolute Gasteiger partial charge is 0.339 e. The molecule has 2 aromatic carbocycles. The maximum atomic E-state index is 12.9. The van der Waals surface area contributed by atoms with Gasteiger partial charge < -0.3 is 16.0 Å². The Balaban J connectivity index is 1.65. The van der Waals surface area contributed by atoms with Crippen LogP contribution in [0.2, 0.25) is 0 Å². The number of carbonyl (C=O) groups excluding carboxylic acids is 2. The van der Waals surface area contributed by atoms with Crippen LogP contribution in [-0.4, -0.2) is 21.8 Å². The lowest BCUT2D eigenvalue weighted by molar-refractivity contribution is -0.114. The monoisotopic (exact) mass is 365 g/mol. The van der Waals surface area contributed by atoms with E-state index in [9.17, 15) is 14.0 Å². The highest BCUT2D eigenvalue weighted by Gasteiger charge is 2.09. The van der Waals surface area contributed by atoms with Crippen molar-refractivity contribution in [2.45, 2.75) is 6.92 Å². The van der Waals surface area contributed by atoms with Crippen molar-refractivity contribution in [2.24, 2.45) is 0 Å². The van der Waals surface area contributed by atoms with Crippen LogP contribution in [0, 0.1) is 5.82 Å². The Labute approximate surface area is 154 Å². The van der Waals surface area contributed by atoms with Gasteiger partial charge in [-0.05, 0) is 42.5 Å². The van der Waals surface area contributed by atoms with Crippen LogP contribution in [0.25, 0.3) is 0 Å². The van der Waals surface area contributed by atoms with Gasteiger partial charge in [0.25, 0.3) is 5.91 Å². The highest BCUT2D eigenvalue weighted by atomic mass is 19.1. The maximum absolute atomic E-state index is 12.9. The van der Waals surface area contributed by atoms with Gasteiger partial charge in [0.2, 0.25) is 5.91 Å².